The molecule has 2 amide bonds. The first-order chi connectivity index (χ1) is 13.3. The summed E-state index contributed by atoms with van der Waals surface area (Å²) in [6.45, 7) is 1.35. The number of halogens is 1. The molecule has 5 nitrogen and oxygen atoms in total. The van der Waals surface area contributed by atoms with E-state index >= 15 is 0 Å². The number of benzene rings is 2. The molecular weight excluding hydrogens is 374 g/mol. The first-order valence-electron chi connectivity index (χ1n) is 9.36. The molecule has 1 saturated carbocycles. The maximum atomic E-state index is 12.9. The molecule has 1 fully saturated rings. The summed E-state index contributed by atoms with van der Waals surface area (Å²) in [5.41, 5.74) is 9.04. The van der Waals surface area contributed by atoms with Crippen molar-refractivity contribution >= 4 is 23.4 Å². The van der Waals surface area contributed by atoms with Crippen molar-refractivity contribution < 1.29 is 9.59 Å². The Labute approximate surface area is 170 Å². The lowest BCUT2D eigenvalue weighted by molar-refractivity contribution is -0.122. The average Bonchev–Trinajstić information content (AvgIpc) is 3.36. The van der Waals surface area contributed by atoms with Gasteiger partial charge in [-0.3, -0.25) is 9.59 Å². The summed E-state index contributed by atoms with van der Waals surface area (Å²) in [6, 6.07) is 13.6. The SMILES string of the molecule is CN(C)CC1(c2ccc(CN3C(=O)c4cc(Cl)c[c]c4C3C(N)=O)cc2)CC1. The molecule has 2 aromatic rings. The smallest absolute Gasteiger partial charge is 0.255 e. The topological polar surface area (TPSA) is 66.6 Å². The highest BCUT2D eigenvalue weighted by Crippen LogP contribution is 2.48. The molecule has 1 heterocycles. The number of carbonyl (C=O) groups excluding carboxylic acids is 2. The lowest BCUT2D eigenvalue weighted by Gasteiger charge is -2.24. The fraction of sp³-hybridized carbons (Fsp3) is 0.364. The number of carbonyl (C=O) groups is 2. The van der Waals surface area contributed by atoms with Crippen molar-refractivity contribution in [2.24, 2.45) is 5.73 Å². The van der Waals surface area contributed by atoms with Crippen molar-refractivity contribution in [3.05, 3.63) is 69.7 Å². The van der Waals surface area contributed by atoms with Gasteiger partial charge in [-0.1, -0.05) is 35.9 Å². The Morgan fingerprint density at radius 1 is 1.32 bits per heavy atom. The van der Waals surface area contributed by atoms with Gasteiger partial charge in [0.1, 0.15) is 6.04 Å². The predicted octanol–water partition coefficient (Wildman–Crippen LogP) is 2.92. The zero-order chi connectivity index (χ0) is 20.1. The van der Waals surface area contributed by atoms with E-state index in [0.717, 1.165) is 12.1 Å². The van der Waals surface area contributed by atoms with Crippen molar-refractivity contribution in [2.45, 2.75) is 30.8 Å². The number of rotatable bonds is 6. The first kappa shape index (κ1) is 19.0. The highest BCUT2D eigenvalue weighted by atomic mass is 35.5. The van der Waals surface area contributed by atoms with E-state index < -0.39 is 11.9 Å². The van der Waals surface area contributed by atoms with Crippen LogP contribution in [0.15, 0.2) is 36.4 Å². The molecule has 0 aromatic heterocycles. The van der Waals surface area contributed by atoms with Crippen molar-refractivity contribution in [3.63, 3.8) is 0 Å². The Morgan fingerprint density at radius 2 is 2.00 bits per heavy atom. The molecule has 28 heavy (non-hydrogen) atoms. The molecule has 0 spiro atoms. The van der Waals surface area contributed by atoms with Crippen LogP contribution in [0.5, 0.6) is 0 Å². The normalized spacial score (nSPS) is 19.8. The van der Waals surface area contributed by atoms with E-state index in [4.69, 9.17) is 17.3 Å². The van der Waals surface area contributed by atoms with E-state index in [1.165, 1.54) is 23.3 Å². The number of fused-ring (bicyclic) bond motifs is 1. The molecule has 2 aromatic carbocycles. The molecule has 1 aliphatic heterocycles. The number of hydrogen-bond acceptors (Lipinski definition) is 3. The third-order valence-electron chi connectivity index (χ3n) is 5.68. The average molecular weight is 397 g/mol. The number of nitrogens with zero attached hydrogens (tertiary/aromatic N) is 2. The summed E-state index contributed by atoms with van der Waals surface area (Å²) in [5, 5.41) is 0.414. The van der Waals surface area contributed by atoms with Crippen molar-refractivity contribution in [3.8, 4) is 0 Å². The minimum Gasteiger partial charge on any atom is -0.368 e. The van der Waals surface area contributed by atoms with Crippen LogP contribution in [-0.2, 0) is 16.8 Å². The lowest BCUT2D eigenvalue weighted by Crippen LogP contribution is -2.35. The van der Waals surface area contributed by atoms with Gasteiger partial charge in [0, 0.05) is 34.7 Å². The largest absolute Gasteiger partial charge is 0.368 e. The summed E-state index contributed by atoms with van der Waals surface area (Å²) in [4.78, 5) is 28.6. The molecular formula is C22H23ClN3O2. The van der Waals surface area contributed by atoms with Crippen molar-refractivity contribution in [1.29, 1.82) is 0 Å². The summed E-state index contributed by atoms with van der Waals surface area (Å²) in [7, 11) is 4.19. The van der Waals surface area contributed by atoms with Gasteiger partial charge in [0.15, 0.2) is 0 Å². The molecule has 6 heteroatoms. The third kappa shape index (κ3) is 3.29. The van der Waals surface area contributed by atoms with E-state index in [1.54, 1.807) is 12.1 Å². The Balaban J connectivity index is 1.57. The van der Waals surface area contributed by atoms with Gasteiger partial charge in [0.25, 0.3) is 5.91 Å². The van der Waals surface area contributed by atoms with E-state index in [0.29, 0.717) is 22.7 Å². The van der Waals surface area contributed by atoms with Crippen molar-refractivity contribution in [1.82, 2.24) is 9.80 Å². The van der Waals surface area contributed by atoms with Crippen molar-refractivity contribution in [2.75, 3.05) is 20.6 Å². The molecule has 0 saturated heterocycles. The molecule has 145 valence electrons. The van der Waals surface area contributed by atoms with E-state index in [-0.39, 0.29) is 11.3 Å². The minimum atomic E-state index is -0.817. The maximum absolute atomic E-state index is 12.9. The van der Waals surface area contributed by atoms with Gasteiger partial charge >= 0.3 is 0 Å². The zero-order valence-electron chi connectivity index (χ0n) is 16.0. The first-order valence-corrected chi connectivity index (χ1v) is 9.74. The van der Waals surface area contributed by atoms with Crippen LogP contribution >= 0.6 is 11.6 Å². The second-order valence-electron chi connectivity index (χ2n) is 8.10. The van der Waals surface area contributed by atoms with E-state index in [9.17, 15) is 9.59 Å². The van der Waals surface area contributed by atoms with Crippen LogP contribution in [0.4, 0.5) is 0 Å². The van der Waals surface area contributed by atoms with Gasteiger partial charge in [-0.05, 0) is 56.3 Å². The van der Waals surface area contributed by atoms with Gasteiger partial charge in [0.05, 0.1) is 0 Å². The lowest BCUT2D eigenvalue weighted by atomic mass is 9.94. The molecule has 1 atom stereocenters. The quantitative estimate of drug-likeness (QED) is 0.816. The number of amides is 2. The van der Waals surface area contributed by atoms with E-state index in [2.05, 4.69) is 37.2 Å². The number of likely N-dealkylation sites (N-methyl/N-ethyl adjacent to an activating group) is 1. The van der Waals surface area contributed by atoms with Gasteiger partial charge in [-0.2, -0.15) is 0 Å². The highest BCUT2D eigenvalue weighted by Gasteiger charge is 2.44. The molecule has 2 N–H and O–H groups in total. The molecule has 1 aliphatic carbocycles. The van der Waals surface area contributed by atoms with Crippen LogP contribution < -0.4 is 5.73 Å². The van der Waals surface area contributed by atoms with Crippen LogP contribution in [-0.4, -0.2) is 42.3 Å². The summed E-state index contributed by atoms with van der Waals surface area (Å²) in [5.74, 6) is -0.807. The Bertz CT molecular complexity index is 935. The molecule has 1 radical (unpaired) electrons. The minimum absolute atomic E-state index is 0.243. The van der Waals surface area contributed by atoms with E-state index in [1.807, 2.05) is 12.1 Å². The monoisotopic (exact) mass is 396 g/mol. The fourth-order valence-electron chi connectivity index (χ4n) is 4.23. The Kier molecular flexibility index (Phi) is 4.68. The summed E-state index contributed by atoms with van der Waals surface area (Å²) < 4.78 is 0. The van der Waals surface area contributed by atoms with Gasteiger partial charge in [-0.15, -0.1) is 0 Å². The van der Waals surface area contributed by atoms with Crippen LogP contribution in [0.25, 0.3) is 0 Å². The standard InChI is InChI=1S/C22H23ClN3O2/c1-25(2)13-22(9-10-22)15-5-3-14(4-6-15)12-26-19(20(24)27)17-8-7-16(23)11-18(17)21(26)28/h3-7,11,19H,9-10,12-13H2,1-2H3,(H2,24,27). The number of hydrogen-bond donors (Lipinski definition) is 1. The molecule has 0 bridgehead atoms. The predicted molar refractivity (Wildman–Crippen MR) is 108 cm³/mol. The highest BCUT2D eigenvalue weighted by molar-refractivity contribution is 6.31. The van der Waals surface area contributed by atoms with Gasteiger partial charge in [-0.25, -0.2) is 0 Å². The summed E-state index contributed by atoms with van der Waals surface area (Å²) in [6.07, 6.45) is 2.40. The van der Waals surface area contributed by atoms with Crippen LogP contribution in [0, 0.1) is 6.07 Å². The second-order valence-corrected chi connectivity index (χ2v) is 8.53. The van der Waals surface area contributed by atoms with Crippen LogP contribution in [0.2, 0.25) is 5.02 Å². The Morgan fingerprint density at radius 3 is 2.57 bits per heavy atom. The number of nitrogens with two attached hydrogens (primary N) is 1. The molecule has 1 unspecified atom stereocenters. The third-order valence-corrected chi connectivity index (χ3v) is 5.89. The van der Waals surface area contributed by atoms with Gasteiger partial charge in [0.2, 0.25) is 5.91 Å². The fourth-order valence-corrected chi connectivity index (χ4v) is 4.39. The number of primary amides is 1. The van der Waals surface area contributed by atoms with Crippen LogP contribution in [0.1, 0.15) is 45.9 Å². The molecule has 4 rings (SSSR count). The second kappa shape index (κ2) is 6.90. The zero-order valence-corrected chi connectivity index (χ0v) is 16.8. The van der Waals surface area contributed by atoms with Crippen LogP contribution in [0.3, 0.4) is 0 Å². The van der Waals surface area contributed by atoms with Gasteiger partial charge < -0.3 is 15.5 Å². The summed E-state index contributed by atoms with van der Waals surface area (Å²) >= 11 is 6.00. The maximum Gasteiger partial charge on any atom is 0.255 e. The Hall–Kier alpha value is -2.37. The molecule has 2 aliphatic rings.